The molecule has 1 heterocycles. The highest BCUT2D eigenvalue weighted by atomic mass is 32.2. The van der Waals surface area contributed by atoms with Gasteiger partial charge in [-0.15, -0.1) is 0 Å². The molecule has 3 unspecified atom stereocenters. The lowest BCUT2D eigenvalue weighted by atomic mass is 9.95. The van der Waals surface area contributed by atoms with Crippen LogP contribution in [0.2, 0.25) is 0 Å². The predicted octanol–water partition coefficient (Wildman–Crippen LogP) is 3.00. The number of carbonyl (C=O) groups is 1. The second-order valence-corrected chi connectivity index (χ2v) is 9.70. The molecule has 0 bridgehead atoms. The van der Waals surface area contributed by atoms with E-state index >= 15 is 0 Å². The number of carbonyl (C=O) groups excluding carboxylic acids is 1. The molecule has 2 aromatic rings. The van der Waals surface area contributed by atoms with Crippen LogP contribution in [0.25, 0.3) is 11.1 Å². The number of piperidine rings is 1. The van der Waals surface area contributed by atoms with Crippen LogP contribution < -0.4 is 4.72 Å². The molecule has 5 nitrogen and oxygen atoms in total. The van der Waals surface area contributed by atoms with Gasteiger partial charge in [-0.1, -0.05) is 54.6 Å². The fraction of sp³-hybridized carbons (Fsp3) is 0.409. The number of rotatable bonds is 5. The van der Waals surface area contributed by atoms with Crippen LogP contribution in [-0.4, -0.2) is 44.6 Å². The Morgan fingerprint density at radius 1 is 1.07 bits per heavy atom. The largest absolute Gasteiger partial charge is 0.341 e. The molecule has 1 saturated heterocycles. The summed E-state index contributed by atoms with van der Waals surface area (Å²) in [7, 11) is -3.26. The van der Waals surface area contributed by atoms with Crippen molar-refractivity contribution in [3.8, 4) is 11.1 Å². The summed E-state index contributed by atoms with van der Waals surface area (Å²) in [4.78, 5) is 14.9. The van der Waals surface area contributed by atoms with Gasteiger partial charge in [0.25, 0.3) is 0 Å². The lowest BCUT2D eigenvalue weighted by Crippen LogP contribution is -2.49. The van der Waals surface area contributed by atoms with Gasteiger partial charge in [-0.25, -0.2) is 13.1 Å². The van der Waals surface area contributed by atoms with Crippen LogP contribution in [0.5, 0.6) is 0 Å². The first kappa shape index (κ1) is 19.2. The minimum atomic E-state index is -3.26. The summed E-state index contributed by atoms with van der Waals surface area (Å²) in [6.45, 7) is 1.18. The Balaban J connectivity index is 1.47. The maximum atomic E-state index is 13.1. The highest BCUT2D eigenvalue weighted by Gasteiger charge is 2.47. The molecule has 148 valence electrons. The maximum Gasteiger partial charge on any atom is 0.226 e. The van der Waals surface area contributed by atoms with Gasteiger partial charge < -0.3 is 4.90 Å². The Hall–Kier alpha value is -2.18. The molecular formula is C22H26N2O3S. The van der Waals surface area contributed by atoms with Gasteiger partial charge in [-0.3, -0.25) is 4.79 Å². The van der Waals surface area contributed by atoms with Crippen molar-refractivity contribution >= 4 is 15.9 Å². The molecule has 1 N–H and O–H groups in total. The summed E-state index contributed by atoms with van der Waals surface area (Å²) in [5, 5.41) is 0. The number of benzene rings is 2. The van der Waals surface area contributed by atoms with E-state index in [-0.39, 0.29) is 23.8 Å². The summed E-state index contributed by atoms with van der Waals surface area (Å²) in [6, 6.07) is 18.4. The minimum absolute atomic E-state index is 0.00171. The average molecular weight is 399 g/mol. The van der Waals surface area contributed by atoms with Crippen molar-refractivity contribution in [3.63, 3.8) is 0 Å². The summed E-state index contributed by atoms with van der Waals surface area (Å²) in [6.07, 6.45) is 3.65. The lowest BCUT2D eigenvalue weighted by molar-refractivity contribution is -0.133. The van der Waals surface area contributed by atoms with E-state index in [1.807, 2.05) is 35.2 Å². The Kier molecular flexibility index (Phi) is 5.25. The van der Waals surface area contributed by atoms with E-state index in [9.17, 15) is 13.2 Å². The van der Waals surface area contributed by atoms with Gasteiger partial charge in [0.15, 0.2) is 0 Å². The third-order valence-electron chi connectivity index (χ3n) is 5.67. The van der Waals surface area contributed by atoms with E-state index in [1.165, 1.54) is 22.9 Å². The number of hydrogen-bond acceptors (Lipinski definition) is 3. The molecular weight excluding hydrogens is 372 g/mol. The van der Waals surface area contributed by atoms with Crippen LogP contribution in [0.15, 0.2) is 54.6 Å². The van der Waals surface area contributed by atoms with Gasteiger partial charge >= 0.3 is 0 Å². The summed E-state index contributed by atoms with van der Waals surface area (Å²) < 4.78 is 25.7. The van der Waals surface area contributed by atoms with Crippen molar-refractivity contribution < 1.29 is 13.2 Å². The van der Waals surface area contributed by atoms with Crippen LogP contribution in [0.3, 0.4) is 0 Å². The molecule has 1 saturated carbocycles. The Morgan fingerprint density at radius 2 is 1.79 bits per heavy atom. The number of sulfonamides is 1. The van der Waals surface area contributed by atoms with E-state index < -0.39 is 10.0 Å². The molecule has 2 aromatic carbocycles. The second kappa shape index (κ2) is 7.68. The highest BCUT2D eigenvalue weighted by Crippen LogP contribution is 2.51. The van der Waals surface area contributed by atoms with E-state index in [0.29, 0.717) is 13.1 Å². The van der Waals surface area contributed by atoms with Gasteiger partial charge in [-0.05, 0) is 41.9 Å². The van der Waals surface area contributed by atoms with E-state index in [0.717, 1.165) is 19.3 Å². The van der Waals surface area contributed by atoms with Gasteiger partial charge in [-0.2, -0.15) is 0 Å². The Bertz CT molecular complexity index is 959. The Morgan fingerprint density at radius 3 is 2.54 bits per heavy atom. The van der Waals surface area contributed by atoms with Crippen molar-refractivity contribution in [1.29, 1.82) is 0 Å². The highest BCUT2D eigenvalue weighted by molar-refractivity contribution is 7.88. The fourth-order valence-electron chi connectivity index (χ4n) is 4.32. The van der Waals surface area contributed by atoms with E-state index in [1.54, 1.807) is 0 Å². The number of likely N-dealkylation sites (tertiary alicyclic amines) is 1. The molecule has 28 heavy (non-hydrogen) atoms. The van der Waals surface area contributed by atoms with Crippen molar-refractivity contribution in [3.05, 3.63) is 60.2 Å². The van der Waals surface area contributed by atoms with Crippen molar-refractivity contribution in [2.24, 2.45) is 5.92 Å². The quantitative estimate of drug-likeness (QED) is 0.842. The van der Waals surface area contributed by atoms with Crippen molar-refractivity contribution in [2.45, 2.75) is 31.2 Å². The first-order valence-corrected chi connectivity index (χ1v) is 11.7. The van der Waals surface area contributed by atoms with E-state index in [4.69, 9.17) is 0 Å². The monoisotopic (exact) mass is 398 g/mol. The number of nitrogens with zero attached hydrogens (tertiary/aromatic N) is 1. The molecule has 0 spiro atoms. The van der Waals surface area contributed by atoms with Crippen LogP contribution in [0.4, 0.5) is 0 Å². The molecule has 1 amide bonds. The molecule has 4 rings (SSSR count). The van der Waals surface area contributed by atoms with Gasteiger partial charge in [0.1, 0.15) is 0 Å². The smallest absolute Gasteiger partial charge is 0.226 e. The fourth-order valence-corrected chi connectivity index (χ4v) is 5.12. The molecule has 6 heteroatoms. The average Bonchev–Trinajstić information content (AvgIpc) is 3.48. The van der Waals surface area contributed by atoms with Crippen molar-refractivity contribution in [2.75, 3.05) is 19.3 Å². The van der Waals surface area contributed by atoms with Gasteiger partial charge in [0.2, 0.25) is 15.9 Å². The normalized spacial score (nSPS) is 24.8. The lowest BCUT2D eigenvalue weighted by Gasteiger charge is -2.33. The van der Waals surface area contributed by atoms with Crippen LogP contribution in [0, 0.1) is 5.92 Å². The zero-order chi connectivity index (χ0) is 19.7. The molecule has 2 aliphatic rings. The standard InChI is InChI=1S/C22H26N2O3S/c1-28(26,27)23-17-10-7-13-24(15-17)22(25)21-14-20(21)19-12-6-5-11-18(19)16-8-3-2-4-9-16/h2-6,8-9,11-12,17,20-21,23H,7,10,13-15H2,1H3. The molecule has 0 aromatic heterocycles. The molecule has 1 aliphatic heterocycles. The summed E-state index contributed by atoms with van der Waals surface area (Å²) >= 11 is 0. The summed E-state index contributed by atoms with van der Waals surface area (Å²) in [5.74, 6) is 0.405. The first-order valence-electron chi connectivity index (χ1n) is 9.83. The molecule has 0 radical (unpaired) electrons. The van der Waals surface area contributed by atoms with Crippen LogP contribution in [-0.2, 0) is 14.8 Å². The zero-order valence-electron chi connectivity index (χ0n) is 16.0. The second-order valence-electron chi connectivity index (χ2n) is 7.92. The number of amides is 1. The number of hydrogen-bond donors (Lipinski definition) is 1. The molecule has 2 fully saturated rings. The number of nitrogens with one attached hydrogen (secondary N) is 1. The predicted molar refractivity (Wildman–Crippen MR) is 110 cm³/mol. The molecule has 3 atom stereocenters. The summed E-state index contributed by atoms with van der Waals surface area (Å²) in [5.41, 5.74) is 3.60. The SMILES string of the molecule is CS(=O)(=O)NC1CCCN(C(=O)C2CC2c2ccccc2-c2ccccc2)C1. The Labute approximate surface area is 166 Å². The first-order chi connectivity index (χ1) is 13.4. The van der Waals surface area contributed by atoms with Crippen LogP contribution >= 0.6 is 0 Å². The topological polar surface area (TPSA) is 66.5 Å². The van der Waals surface area contributed by atoms with Crippen molar-refractivity contribution in [1.82, 2.24) is 9.62 Å². The zero-order valence-corrected chi connectivity index (χ0v) is 16.9. The van der Waals surface area contributed by atoms with E-state index in [2.05, 4.69) is 29.0 Å². The third-order valence-corrected chi connectivity index (χ3v) is 6.43. The van der Waals surface area contributed by atoms with Gasteiger partial charge in [0.05, 0.1) is 6.26 Å². The molecule has 1 aliphatic carbocycles. The van der Waals surface area contributed by atoms with Gasteiger partial charge in [0, 0.05) is 25.0 Å². The minimum Gasteiger partial charge on any atom is -0.341 e. The van der Waals surface area contributed by atoms with Crippen LogP contribution in [0.1, 0.15) is 30.7 Å². The third kappa shape index (κ3) is 4.28. The maximum absolute atomic E-state index is 13.1.